The molecule has 2 rings (SSSR count). The van der Waals surface area contributed by atoms with Crippen molar-refractivity contribution in [1.29, 1.82) is 0 Å². The summed E-state index contributed by atoms with van der Waals surface area (Å²) in [6.07, 6.45) is 1.04. The van der Waals surface area contributed by atoms with Gasteiger partial charge in [-0.1, -0.05) is 0 Å². The normalized spacial score (nSPS) is 17.1. The molecule has 6 nitrogen and oxygen atoms in total. The lowest BCUT2D eigenvalue weighted by atomic mass is 10.2. The highest BCUT2D eigenvalue weighted by Crippen LogP contribution is 2.23. The first-order valence-corrected chi connectivity index (χ1v) is 9.40. The Morgan fingerprint density at radius 3 is 2.35 bits per heavy atom. The van der Waals surface area contributed by atoms with Crippen LogP contribution in [0.2, 0.25) is 0 Å². The van der Waals surface area contributed by atoms with Crippen LogP contribution in [0.15, 0.2) is 24.3 Å². The van der Waals surface area contributed by atoms with E-state index in [1.54, 1.807) is 0 Å². The van der Waals surface area contributed by atoms with E-state index < -0.39 is 17.7 Å². The van der Waals surface area contributed by atoms with Gasteiger partial charge in [0.1, 0.15) is 11.6 Å². The van der Waals surface area contributed by atoms with Crippen LogP contribution in [0.3, 0.4) is 0 Å². The standard InChI is InChI=1S/C20H31N3O3/c1-6-22(7-2)16-12-10-15(11-13-16)21-18(24)17-9-8-14-23(17)19(25)26-20(3,4)5/h10-13,17H,6-9,14H2,1-5H3,(H,21,24). The van der Waals surface area contributed by atoms with Gasteiger partial charge < -0.3 is 15.0 Å². The van der Waals surface area contributed by atoms with Crippen molar-refractivity contribution in [2.24, 2.45) is 0 Å². The van der Waals surface area contributed by atoms with Crippen LogP contribution < -0.4 is 10.2 Å². The summed E-state index contributed by atoms with van der Waals surface area (Å²) in [5.41, 5.74) is 1.30. The molecule has 0 bridgehead atoms. The predicted octanol–water partition coefficient (Wildman–Crippen LogP) is 3.87. The number of anilines is 2. The highest BCUT2D eigenvalue weighted by Gasteiger charge is 2.36. The maximum absolute atomic E-state index is 12.7. The van der Waals surface area contributed by atoms with E-state index in [4.69, 9.17) is 4.74 Å². The zero-order chi connectivity index (χ0) is 19.3. The molecule has 6 heteroatoms. The number of nitrogens with zero attached hydrogens (tertiary/aromatic N) is 2. The number of hydrogen-bond donors (Lipinski definition) is 1. The molecule has 1 fully saturated rings. The summed E-state index contributed by atoms with van der Waals surface area (Å²) < 4.78 is 5.42. The predicted molar refractivity (Wildman–Crippen MR) is 105 cm³/mol. The van der Waals surface area contributed by atoms with Gasteiger partial charge in [-0.05, 0) is 71.7 Å². The van der Waals surface area contributed by atoms with E-state index in [0.29, 0.717) is 13.0 Å². The molecule has 1 aliphatic rings. The van der Waals surface area contributed by atoms with Crippen LogP contribution in [0.1, 0.15) is 47.5 Å². The van der Waals surface area contributed by atoms with E-state index in [0.717, 1.165) is 30.9 Å². The van der Waals surface area contributed by atoms with Gasteiger partial charge in [0, 0.05) is 31.0 Å². The number of likely N-dealkylation sites (tertiary alicyclic amines) is 1. The Kier molecular flexibility index (Phi) is 6.51. The van der Waals surface area contributed by atoms with Crippen LogP contribution in [0.25, 0.3) is 0 Å². The first kappa shape index (κ1) is 20.1. The molecule has 1 aromatic carbocycles. The SMILES string of the molecule is CCN(CC)c1ccc(NC(=O)C2CCCN2C(=O)OC(C)(C)C)cc1. The fraction of sp³-hybridized carbons (Fsp3) is 0.600. The fourth-order valence-electron chi connectivity index (χ4n) is 3.15. The van der Waals surface area contributed by atoms with Gasteiger partial charge in [-0.25, -0.2) is 4.79 Å². The zero-order valence-corrected chi connectivity index (χ0v) is 16.5. The smallest absolute Gasteiger partial charge is 0.410 e. The monoisotopic (exact) mass is 361 g/mol. The topological polar surface area (TPSA) is 61.9 Å². The third-order valence-corrected chi connectivity index (χ3v) is 4.45. The molecule has 1 atom stereocenters. The summed E-state index contributed by atoms with van der Waals surface area (Å²) in [6, 6.07) is 7.33. The van der Waals surface area contributed by atoms with Crippen LogP contribution in [-0.4, -0.2) is 48.2 Å². The summed E-state index contributed by atoms with van der Waals surface area (Å²) >= 11 is 0. The van der Waals surface area contributed by atoms with Crippen molar-refractivity contribution in [3.05, 3.63) is 24.3 Å². The molecule has 1 saturated heterocycles. The van der Waals surface area contributed by atoms with Crippen LogP contribution in [-0.2, 0) is 9.53 Å². The molecule has 0 aromatic heterocycles. The van der Waals surface area contributed by atoms with E-state index in [-0.39, 0.29) is 5.91 Å². The van der Waals surface area contributed by atoms with Crippen LogP contribution in [0.5, 0.6) is 0 Å². The fourth-order valence-corrected chi connectivity index (χ4v) is 3.15. The number of carbonyl (C=O) groups is 2. The maximum Gasteiger partial charge on any atom is 0.410 e. The minimum absolute atomic E-state index is 0.163. The molecule has 1 aromatic rings. The van der Waals surface area contributed by atoms with Gasteiger partial charge in [0.15, 0.2) is 0 Å². The van der Waals surface area contributed by atoms with E-state index in [1.807, 2.05) is 45.0 Å². The second-order valence-corrected chi connectivity index (χ2v) is 7.54. The molecule has 0 radical (unpaired) electrons. The molecule has 1 unspecified atom stereocenters. The van der Waals surface area contributed by atoms with Gasteiger partial charge in [-0.2, -0.15) is 0 Å². The average molecular weight is 361 g/mol. The number of ether oxygens (including phenoxy) is 1. The van der Waals surface area contributed by atoms with Crippen molar-refractivity contribution in [3.8, 4) is 0 Å². The maximum atomic E-state index is 12.7. The number of rotatable bonds is 5. The molecule has 0 saturated carbocycles. The Morgan fingerprint density at radius 1 is 1.19 bits per heavy atom. The largest absolute Gasteiger partial charge is 0.444 e. The van der Waals surface area contributed by atoms with Crippen molar-refractivity contribution in [1.82, 2.24) is 4.90 Å². The van der Waals surface area contributed by atoms with Crippen molar-refractivity contribution in [2.75, 3.05) is 29.9 Å². The number of hydrogen-bond acceptors (Lipinski definition) is 4. The van der Waals surface area contributed by atoms with Crippen LogP contribution >= 0.6 is 0 Å². The van der Waals surface area contributed by atoms with Gasteiger partial charge in [-0.15, -0.1) is 0 Å². The molecule has 1 N–H and O–H groups in total. The van der Waals surface area contributed by atoms with Crippen molar-refractivity contribution >= 4 is 23.4 Å². The first-order valence-electron chi connectivity index (χ1n) is 9.40. The summed E-state index contributed by atoms with van der Waals surface area (Å²) in [4.78, 5) is 28.8. The van der Waals surface area contributed by atoms with Gasteiger partial charge in [0.25, 0.3) is 0 Å². The number of benzene rings is 1. The molecule has 2 amide bonds. The Bertz CT molecular complexity index is 618. The molecule has 144 valence electrons. The second-order valence-electron chi connectivity index (χ2n) is 7.54. The minimum Gasteiger partial charge on any atom is -0.444 e. The van der Waals surface area contributed by atoms with E-state index in [2.05, 4.69) is 24.1 Å². The molecular weight excluding hydrogens is 330 g/mol. The van der Waals surface area contributed by atoms with Crippen molar-refractivity contribution in [2.45, 2.75) is 59.1 Å². The Hall–Kier alpha value is -2.24. The van der Waals surface area contributed by atoms with Crippen LogP contribution in [0, 0.1) is 0 Å². The summed E-state index contributed by atoms with van der Waals surface area (Å²) in [5.74, 6) is -0.163. The first-order chi connectivity index (χ1) is 12.2. The van der Waals surface area contributed by atoms with E-state index >= 15 is 0 Å². The summed E-state index contributed by atoms with van der Waals surface area (Å²) in [5, 5.41) is 2.93. The zero-order valence-electron chi connectivity index (χ0n) is 16.5. The van der Waals surface area contributed by atoms with E-state index in [9.17, 15) is 9.59 Å². The molecular formula is C20H31N3O3. The van der Waals surface area contributed by atoms with Crippen LogP contribution in [0.4, 0.5) is 16.2 Å². The Balaban J connectivity index is 2.01. The summed E-state index contributed by atoms with van der Waals surface area (Å²) in [7, 11) is 0. The van der Waals surface area contributed by atoms with Gasteiger partial charge in [0.05, 0.1) is 0 Å². The highest BCUT2D eigenvalue weighted by atomic mass is 16.6. The molecule has 1 heterocycles. The Morgan fingerprint density at radius 2 is 1.81 bits per heavy atom. The molecule has 1 aliphatic heterocycles. The van der Waals surface area contributed by atoms with E-state index in [1.165, 1.54) is 4.90 Å². The quantitative estimate of drug-likeness (QED) is 0.865. The Labute approximate surface area is 156 Å². The van der Waals surface area contributed by atoms with Gasteiger partial charge in [0.2, 0.25) is 5.91 Å². The lowest BCUT2D eigenvalue weighted by molar-refractivity contribution is -0.120. The number of carbonyl (C=O) groups excluding carboxylic acids is 2. The summed E-state index contributed by atoms with van der Waals surface area (Å²) in [6.45, 7) is 12.1. The lowest BCUT2D eigenvalue weighted by Crippen LogP contribution is -2.45. The second kappa shape index (κ2) is 8.43. The van der Waals surface area contributed by atoms with Crippen molar-refractivity contribution < 1.29 is 14.3 Å². The lowest BCUT2D eigenvalue weighted by Gasteiger charge is -2.28. The average Bonchev–Trinajstić information content (AvgIpc) is 3.06. The minimum atomic E-state index is -0.568. The van der Waals surface area contributed by atoms with Gasteiger partial charge >= 0.3 is 6.09 Å². The third-order valence-electron chi connectivity index (χ3n) is 4.45. The molecule has 0 spiro atoms. The number of amides is 2. The van der Waals surface area contributed by atoms with Crippen molar-refractivity contribution in [3.63, 3.8) is 0 Å². The third kappa shape index (κ3) is 5.13. The molecule has 0 aliphatic carbocycles. The molecule has 26 heavy (non-hydrogen) atoms. The highest BCUT2D eigenvalue weighted by molar-refractivity contribution is 5.97. The van der Waals surface area contributed by atoms with Gasteiger partial charge in [-0.3, -0.25) is 9.69 Å². The number of nitrogens with one attached hydrogen (secondary N) is 1.